The summed E-state index contributed by atoms with van der Waals surface area (Å²) in [4.78, 5) is 36.5. The van der Waals surface area contributed by atoms with Crippen LogP contribution in [0, 0.1) is 6.92 Å². The SMILES string of the molecule is Cc1cc(NC(=O)CSCC(=O)O[C@@H](C(=O)NC2CC2)c2ccccc2)no1. The molecule has 1 aliphatic carbocycles. The third-order valence-electron chi connectivity index (χ3n) is 3.86. The first kappa shape index (κ1) is 19.9. The van der Waals surface area contributed by atoms with Crippen molar-refractivity contribution in [1.29, 1.82) is 0 Å². The lowest BCUT2D eigenvalue weighted by Gasteiger charge is -2.18. The lowest BCUT2D eigenvalue weighted by molar-refractivity contribution is -0.154. The second kappa shape index (κ2) is 9.41. The van der Waals surface area contributed by atoms with Gasteiger partial charge < -0.3 is 19.9 Å². The van der Waals surface area contributed by atoms with E-state index in [0.29, 0.717) is 17.1 Å². The zero-order chi connectivity index (χ0) is 19.9. The molecular weight excluding hydrogens is 382 g/mol. The molecule has 1 atom stereocenters. The monoisotopic (exact) mass is 403 g/mol. The molecule has 0 unspecified atom stereocenters. The van der Waals surface area contributed by atoms with Gasteiger partial charge in [0.25, 0.3) is 5.91 Å². The van der Waals surface area contributed by atoms with Crippen LogP contribution in [0.5, 0.6) is 0 Å². The van der Waals surface area contributed by atoms with Crippen molar-refractivity contribution >= 4 is 35.4 Å². The quantitative estimate of drug-likeness (QED) is 0.618. The summed E-state index contributed by atoms with van der Waals surface area (Å²) >= 11 is 1.09. The molecule has 8 nitrogen and oxygen atoms in total. The molecule has 2 aromatic rings. The molecular formula is C19H21N3O5S. The number of carbonyl (C=O) groups excluding carboxylic acids is 3. The lowest BCUT2D eigenvalue weighted by atomic mass is 10.1. The number of nitrogens with one attached hydrogen (secondary N) is 2. The zero-order valence-corrected chi connectivity index (χ0v) is 16.2. The first-order valence-corrected chi connectivity index (χ1v) is 10.0. The van der Waals surface area contributed by atoms with Crippen LogP contribution in [0.15, 0.2) is 40.9 Å². The van der Waals surface area contributed by atoms with Crippen LogP contribution in [0.2, 0.25) is 0 Å². The molecule has 0 radical (unpaired) electrons. The summed E-state index contributed by atoms with van der Waals surface area (Å²) in [5.74, 6) is -0.288. The van der Waals surface area contributed by atoms with Crippen LogP contribution in [0.1, 0.15) is 30.3 Å². The van der Waals surface area contributed by atoms with Gasteiger partial charge in [-0.3, -0.25) is 14.4 Å². The number of hydrogen-bond donors (Lipinski definition) is 2. The third-order valence-corrected chi connectivity index (χ3v) is 4.77. The Balaban J connectivity index is 1.47. The van der Waals surface area contributed by atoms with Gasteiger partial charge >= 0.3 is 5.97 Å². The molecule has 1 saturated carbocycles. The number of rotatable bonds is 9. The van der Waals surface area contributed by atoms with Crippen LogP contribution >= 0.6 is 11.8 Å². The van der Waals surface area contributed by atoms with E-state index in [0.717, 1.165) is 24.6 Å². The highest BCUT2D eigenvalue weighted by Gasteiger charge is 2.30. The van der Waals surface area contributed by atoms with E-state index >= 15 is 0 Å². The molecule has 0 bridgehead atoms. The molecule has 0 aliphatic heterocycles. The van der Waals surface area contributed by atoms with Crippen molar-refractivity contribution in [2.45, 2.75) is 31.9 Å². The normalized spacial score (nSPS) is 14.2. The number of ether oxygens (including phenoxy) is 1. The van der Waals surface area contributed by atoms with Gasteiger partial charge in [-0.15, -0.1) is 11.8 Å². The summed E-state index contributed by atoms with van der Waals surface area (Å²) in [6, 6.07) is 10.6. The minimum absolute atomic E-state index is 0.0469. The van der Waals surface area contributed by atoms with Crippen molar-refractivity contribution in [2.24, 2.45) is 0 Å². The maximum absolute atomic E-state index is 12.4. The summed E-state index contributed by atoms with van der Waals surface area (Å²) in [7, 11) is 0. The van der Waals surface area contributed by atoms with Crippen LogP contribution in [-0.4, -0.2) is 40.5 Å². The van der Waals surface area contributed by atoms with Crippen molar-refractivity contribution in [1.82, 2.24) is 10.5 Å². The first-order valence-electron chi connectivity index (χ1n) is 8.87. The highest BCUT2D eigenvalue weighted by atomic mass is 32.2. The predicted molar refractivity (Wildman–Crippen MR) is 104 cm³/mol. The number of anilines is 1. The second-order valence-corrected chi connectivity index (χ2v) is 7.41. The molecule has 148 valence electrons. The van der Waals surface area contributed by atoms with E-state index in [-0.39, 0.29) is 29.4 Å². The number of amides is 2. The van der Waals surface area contributed by atoms with E-state index in [4.69, 9.17) is 9.26 Å². The standard InChI is InChI=1S/C19H21N3O5S/c1-12-9-15(22-27-12)21-16(23)10-28-11-17(24)26-18(13-5-3-2-4-6-13)19(25)20-14-7-8-14/h2-6,9,14,18H,7-8,10-11H2,1H3,(H,20,25)(H,21,22,23)/t18-/m1/s1. The number of esters is 1. The van der Waals surface area contributed by atoms with Gasteiger partial charge in [-0.25, -0.2) is 0 Å². The summed E-state index contributed by atoms with van der Waals surface area (Å²) in [6.45, 7) is 1.72. The molecule has 1 heterocycles. The fourth-order valence-electron chi connectivity index (χ4n) is 2.40. The van der Waals surface area contributed by atoms with Gasteiger partial charge in [-0.1, -0.05) is 35.5 Å². The van der Waals surface area contributed by atoms with Crippen LogP contribution in [-0.2, 0) is 19.1 Å². The van der Waals surface area contributed by atoms with E-state index in [1.54, 1.807) is 37.3 Å². The maximum Gasteiger partial charge on any atom is 0.317 e. The molecule has 9 heteroatoms. The van der Waals surface area contributed by atoms with Gasteiger partial charge in [0.1, 0.15) is 5.76 Å². The largest absolute Gasteiger partial charge is 0.447 e. The smallest absolute Gasteiger partial charge is 0.317 e. The molecule has 0 spiro atoms. The number of aromatic nitrogens is 1. The minimum Gasteiger partial charge on any atom is -0.447 e. The Labute approximate surface area is 166 Å². The Bertz CT molecular complexity index is 835. The maximum atomic E-state index is 12.4. The van der Waals surface area contributed by atoms with Gasteiger partial charge in [-0.2, -0.15) is 0 Å². The third kappa shape index (κ3) is 6.12. The van der Waals surface area contributed by atoms with E-state index in [1.165, 1.54) is 0 Å². The Morgan fingerprint density at radius 1 is 1.25 bits per heavy atom. The molecule has 1 fully saturated rings. The van der Waals surface area contributed by atoms with Crippen LogP contribution < -0.4 is 10.6 Å². The van der Waals surface area contributed by atoms with Gasteiger partial charge in [0.05, 0.1) is 11.5 Å². The number of thioether (sulfide) groups is 1. The van der Waals surface area contributed by atoms with Crippen LogP contribution in [0.4, 0.5) is 5.82 Å². The van der Waals surface area contributed by atoms with Crippen LogP contribution in [0.3, 0.4) is 0 Å². The molecule has 2 amide bonds. The van der Waals surface area contributed by atoms with Gasteiger partial charge in [0.2, 0.25) is 12.0 Å². The molecule has 3 rings (SSSR count). The van der Waals surface area contributed by atoms with Crippen molar-refractivity contribution < 1.29 is 23.6 Å². The molecule has 1 aliphatic rings. The highest BCUT2D eigenvalue weighted by molar-refractivity contribution is 8.00. The van der Waals surface area contributed by atoms with Gasteiger partial charge in [0.15, 0.2) is 5.82 Å². The van der Waals surface area contributed by atoms with E-state index in [2.05, 4.69) is 15.8 Å². The van der Waals surface area contributed by atoms with E-state index < -0.39 is 12.1 Å². The Morgan fingerprint density at radius 3 is 2.64 bits per heavy atom. The van der Waals surface area contributed by atoms with E-state index in [1.807, 2.05) is 6.07 Å². The molecule has 2 N–H and O–H groups in total. The fourth-order valence-corrected chi connectivity index (χ4v) is 3.00. The van der Waals surface area contributed by atoms with Crippen molar-refractivity contribution in [3.8, 4) is 0 Å². The lowest BCUT2D eigenvalue weighted by Crippen LogP contribution is -2.34. The molecule has 0 saturated heterocycles. The van der Waals surface area contributed by atoms with Crippen molar-refractivity contribution in [3.63, 3.8) is 0 Å². The van der Waals surface area contributed by atoms with Crippen molar-refractivity contribution in [3.05, 3.63) is 47.7 Å². The minimum atomic E-state index is -0.998. The Kier molecular flexibility index (Phi) is 6.70. The fraction of sp³-hybridized carbons (Fsp3) is 0.368. The number of hydrogen-bond acceptors (Lipinski definition) is 7. The second-order valence-electron chi connectivity index (χ2n) is 6.43. The summed E-state index contributed by atoms with van der Waals surface area (Å²) in [6.07, 6.45) is 0.885. The molecule has 1 aromatic heterocycles. The Hall–Kier alpha value is -2.81. The number of nitrogens with zero attached hydrogens (tertiary/aromatic N) is 1. The zero-order valence-electron chi connectivity index (χ0n) is 15.3. The summed E-state index contributed by atoms with van der Waals surface area (Å²) < 4.78 is 10.3. The number of carbonyl (C=O) groups is 3. The van der Waals surface area contributed by atoms with E-state index in [9.17, 15) is 14.4 Å². The summed E-state index contributed by atoms with van der Waals surface area (Å²) in [5.41, 5.74) is 0.609. The Morgan fingerprint density at radius 2 is 2.00 bits per heavy atom. The van der Waals surface area contributed by atoms with Gasteiger partial charge in [0, 0.05) is 17.7 Å². The predicted octanol–water partition coefficient (Wildman–Crippen LogP) is 2.22. The summed E-state index contributed by atoms with van der Waals surface area (Å²) in [5, 5.41) is 9.10. The highest BCUT2D eigenvalue weighted by Crippen LogP contribution is 2.23. The first-order chi connectivity index (χ1) is 13.5. The van der Waals surface area contributed by atoms with Gasteiger partial charge in [-0.05, 0) is 19.8 Å². The average molecular weight is 403 g/mol. The topological polar surface area (TPSA) is 111 Å². The van der Waals surface area contributed by atoms with Crippen molar-refractivity contribution in [2.75, 3.05) is 16.8 Å². The molecule has 1 aromatic carbocycles. The molecule has 28 heavy (non-hydrogen) atoms. The number of benzene rings is 1. The number of aryl methyl sites for hydroxylation is 1. The average Bonchev–Trinajstić information content (AvgIpc) is 3.40. The van der Waals surface area contributed by atoms with Crippen LogP contribution in [0.25, 0.3) is 0 Å².